The lowest BCUT2D eigenvalue weighted by molar-refractivity contribution is 0.477. The summed E-state index contributed by atoms with van der Waals surface area (Å²) in [5, 5.41) is 22.7. The average Bonchev–Trinajstić information content (AvgIpc) is 2.81. The predicted molar refractivity (Wildman–Crippen MR) is 78.1 cm³/mol. The van der Waals surface area contributed by atoms with Crippen LogP contribution in [0.25, 0.3) is 10.6 Å². The third-order valence-electron chi connectivity index (χ3n) is 2.42. The Morgan fingerprint density at radius 3 is 3.00 bits per heavy atom. The third-order valence-corrected chi connectivity index (χ3v) is 3.83. The molecule has 1 heterocycles. The van der Waals surface area contributed by atoms with Gasteiger partial charge < -0.3 is 10.4 Å². The van der Waals surface area contributed by atoms with Crippen molar-refractivity contribution >= 4 is 32.4 Å². The molecule has 0 radical (unpaired) electrons. The third kappa shape index (κ3) is 3.20. The summed E-state index contributed by atoms with van der Waals surface area (Å²) in [6.45, 7) is 3.04. The lowest BCUT2D eigenvalue weighted by Gasteiger charge is -2.00. The normalized spacial score (nSPS) is 10.6. The number of halogens is 1. The van der Waals surface area contributed by atoms with Crippen LogP contribution in [0.5, 0.6) is 5.75 Å². The highest BCUT2D eigenvalue weighted by Gasteiger charge is 2.10. The van der Waals surface area contributed by atoms with Crippen LogP contribution < -0.4 is 5.32 Å². The van der Waals surface area contributed by atoms with Gasteiger partial charge in [-0.05, 0) is 24.6 Å². The quantitative estimate of drug-likeness (QED) is 0.818. The van der Waals surface area contributed by atoms with Crippen LogP contribution in [0.2, 0.25) is 0 Å². The highest BCUT2D eigenvalue weighted by atomic mass is 79.9. The van der Waals surface area contributed by atoms with Gasteiger partial charge in [-0.1, -0.05) is 40.6 Å². The van der Waals surface area contributed by atoms with Crippen LogP contribution in [0, 0.1) is 0 Å². The van der Waals surface area contributed by atoms with Crippen molar-refractivity contribution in [1.29, 1.82) is 0 Å². The van der Waals surface area contributed by atoms with Gasteiger partial charge in [0.1, 0.15) is 5.75 Å². The Hall–Kier alpha value is -1.14. The fourth-order valence-electron chi connectivity index (χ4n) is 1.46. The summed E-state index contributed by atoms with van der Waals surface area (Å²) in [5.74, 6) is 0.217. The zero-order valence-electron chi connectivity index (χ0n) is 9.98. The van der Waals surface area contributed by atoms with Crippen LogP contribution in [0.4, 0.5) is 5.13 Å². The second kappa shape index (κ2) is 6.15. The molecule has 0 saturated carbocycles. The van der Waals surface area contributed by atoms with Crippen molar-refractivity contribution in [3.63, 3.8) is 0 Å². The van der Waals surface area contributed by atoms with Gasteiger partial charge in [-0.15, -0.1) is 10.2 Å². The van der Waals surface area contributed by atoms with Crippen molar-refractivity contribution < 1.29 is 5.11 Å². The second-order valence-electron chi connectivity index (χ2n) is 3.85. The van der Waals surface area contributed by atoms with Crippen LogP contribution in [-0.4, -0.2) is 21.8 Å². The van der Waals surface area contributed by atoms with Crippen molar-refractivity contribution in [3.05, 3.63) is 22.7 Å². The molecule has 2 N–H and O–H groups in total. The molecule has 0 aliphatic carbocycles. The first-order valence-corrected chi connectivity index (χ1v) is 7.38. The van der Waals surface area contributed by atoms with Gasteiger partial charge in [-0.25, -0.2) is 0 Å². The zero-order valence-corrected chi connectivity index (χ0v) is 12.4. The minimum atomic E-state index is 0.217. The number of anilines is 1. The Labute approximate surface area is 118 Å². The van der Waals surface area contributed by atoms with E-state index in [-0.39, 0.29) is 5.75 Å². The van der Waals surface area contributed by atoms with Crippen LogP contribution in [-0.2, 0) is 0 Å². The summed E-state index contributed by atoms with van der Waals surface area (Å²) < 4.78 is 0.908. The largest absolute Gasteiger partial charge is 0.507 e. The molecular formula is C12H14BrN3OS. The molecule has 2 rings (SSSR count). The second-order valence-corrected chi connectivity index (χ2v) is 5.75. The molecule has 2 aromatic rings. The zero-order chi connectivity index (χ0) is 13.0. The molecule has 6 heteroatoms. The highest BCUT2D eigenvalue weighted by Crippen LogP contribution is 2.34. The van der Waals surface area contributed by atoms with Crippen molar-refractivity contribution in [2.24, 2.45) is 0 Å². The number of hydrogen-bond acceptors (Lipinski definition) is 5. The maximum Gasteiger partial charge on any atom is 0.206 e. The molecule has 0 fully saturated rings. The minimum Gasteiger partial charge on any atom is -0.507 e. The molecule has 0 saturated heterocycles. The maximum absolute atomic E-state index is 9.81. The van der Waals surface area contributed by atoms with E-state index in [0.717, 1.165) is 29.0 Å². The smallest absolute Gasteiger partial charge is 0.206 e. The van der Waals surface area contributed by atoms with Crippen molar-refractivity contribution in [2.75, 3.05) is 11.9 Å². The molecule has 0 aliphatic rings. The first kappa shape index (κ1) is 13.3. The molecule has 1 aromatic carbocycles. The van der Waals surface area contributed by atoms with E-state index in [1.165, 1.54) is 11.3 Å². The molecule has 18 heavy (non-hydrogen) atoms. The predicted octanol–water partition coefficient (Wildman–Crippen LogP) is 3.89. The number of phenolic OH excluding ortho intramolecular Hbond substituents is 1. The van der Waals surface area contributed by atoms with Crippen LogP contribution in [0.15, 0.2) is 22.7 Å². The summed E-state index contributed by atoms with van der Waals surface area (Å²) in [6.07, 6.45) is 2.25. The van der Waals surface area contributed by atoms with Crippen LogP contribution >= 0.6 is 27.3 Å². The van der Waals surface area contributed by atoms with Gasteiger partial charge in [-0.3, -0.25) is 0 Å². The Bertz CT molecular complexity index is 530. The van der Waals surface area contributed by atoms with Crippen molar-refractivity contribution in [3.8, 4) is 16.3 Å². The van der Waals surface area contributed by atoms with E-state index in [0.29, 0.717) is 10.6 Å². The molecule has 0 bridgehead atoms. The summed E-state index contributed by atoms with van der Waals surface area (Å²) in [6, 6.07) is 5.27. The first-order valence-electron chi connectivity index (χ1n) is 5.77. The summed E-state index contributed by atoms with van der Waals surface area (Å²) in [5.41, 5.74) is 0.699. The van der Waals surface area contributed by atoms with E-state index < -0.39 is 0 Å². The number of hydrogen-bond donors (Lipinski definition) is 2. The molecule has 0 atom stereocenters. The Morgan fingerprint density at radius 1 is 1.39 bits per heavy atom. The van der Waals surface area contributed by atoms with Crippen LogP contribution in [0.1, 0.15) is 19.8 Å². The number of aromatic hydroxyl groups is 1. The van der Waals surface area contributed by atoms with E-state index in [4.69, 9.17) is 0 Å². The summed E-state index contributed by atoms with van der Waals surface area (Å²) in [7, 11) is 0. The van der Waals surface area contributed by atoms with E-state index in [9.17, 15) is 5.11 Å². The van der Waals surface area contributed by atoms with Gasteiger partial charge in [0, 0.05) is 11.0 Å². The lowest BCUT2D eigenvalue weighted by atomic mass is 10.2. The molecule has 1 aromatic heterocycles. The van der Waals surface area contributed by atoms with Gasteiger partial charge in [0.05, 0.1) is 5.56 Å². The summed E-state index contributed by atoms with van der Waals surface area (Å²) >= 11 is 4.83. The molecule has 0 unspecified atom stereocenters. The highest BCUT2D eigenvalue weighted by molar-refractivity contribution is 9.10. The minimum absolute atomic E-state index is 0.217. The molecule has 4 nitrogen and oxygen atoms in total. The number of rotatable bonds is 5. The number of aromatic nitrogens is 2. The number of unbranched alkanes of at least 4 members (excludes halogenated alkanes) is 1. The van der Waals surface area contributed by atoms with Gasteiger partial charge in [0.15, 0.2) is 5.01 Å². The van der Waals surface area contributed by atoms with Gasteiger partial charge in [0.25, 0.3) is 0 Å². The molecule has 96 valence electrons. The number of benzene rings is 1. The molecule has 0 amide bonds. The first-order chi connectivity index (χ1) is 8.70. The van der Waals surface area contributed by atoms with Crippen LogP contribution in [0.3, 0.4) is 0 Å². The Balaban J connectivity index is 2.16. The number of nitrogens with zero attached hydrogens (tertiary/aromatic N) is 2. The van der Waals surface area contributed by atoms with E-state index in [1.54, 1.807) is 12.1 Å². The van der Waals surface area contributed by atoms with E-state index in [1.807, 2.05) is 6.07 Å². The fourth-order valence-corrected chi connectivity index (χ4v) is 2.61. The fraction of sp³-hybridized carbons (Fsp3) is 0.333. The summed E-state index contributed by atoms with van der Waals surface area (Å²) in [4.78, 5) is 0. The van der Waals surface area contributed by atoms with Gasteiger partial charge >= 0.3 is 0 Å². The van der Waals surface area contributed by atoms with Crippen molar-refractivity contribution in [1.82, 2.24) is 10.2 Å². The van der Waals surface area contributed by atoms with E-state index in [2.05, 4.69) is 38.4 Å². The van der Waals surface area contributed by atoms with Gasteiger partial charge in [0.2, 0.25) is 5.13 Å². The van der Waals surface area contributed by atoms with Gasteiger partial charge in [-0.2, -0.15) is 0 Å². The molecule has 0 aliphatic heterocycles. The Kier molecular flexibility index (Phi) is 4.54. The van der Waals surface area contributed by atoms with Crippen molar-refractivity contribution in [2.45, 2.75) is 19.8 Å². The SMILES string of the molecule is CCCCNc1nnc(-c2cc(Br)ccc2O)s1. The van der Waals surface area contributed by atoms with E-state index >= 15 is 0 Å². The standard InChI is InChI=1S/C12H14BrN3OS/c1-2-3-6-14-12-16-15-11(18-12)9-7-8(13)4-5-10(9)17/h4-5,7,17H,2-3,6H2,1H3,(H,14,16). The maximum atomic E-state index is 9.81. The molecule has 0 spiro atoms. The Morgan fingerprint density at radius 2 is 2.22 bits per heavy atom. The molecular weight excluding hydrogens is 314 g/mol. The lowest BCUT2D eigenvalue weighted by Crippen LogP contribution is -1.99. The topological polar surface area (TPSA) is 58.0 Å². The number of nitrogens with one attached hydrogen (secondary N) is 1. The average molecular weight is 328 g/mol. The monoisotopic (exact) mass is 327 g/mol. The number of phenols is 1.